The van der Waals surface area contributed by atoms with E-state index in [1.54, 1.807) is 18.3 Å². The van der Waals surface area contributed by atoms with Crippen molar-refractivity contribution < 1.29 is 23.8 Å². The fourth-order valence-electron chi connectivity index (χ4n) is 4.19. The van der Waals surface area contributed by atoms with E-state index in [0.29, 0.717) is 30.3 Å². The molecule has 0 spiro atoms. The van der Waals surface area contributed by atoms with Gasteiger partial charge in [0.25, 0.3) is 5.91 Å². The second-order valence-electron chi connectivity index (χ2n) is 8.81. The number of para-hydroxylation sites is 2. The van der Waals surface area contributed by atoms with Crippen LogP contribution < -0.4 is 19.5 Å². The molecular weight excluding hydrogens is 448 g/mol. The van der Waals surface area contributed by atoms with Crippen molar-refractivity contribution in [1.29, 1.82) is 0 Å². The molecule has 2 aliphatic heterocycles. The van der Waals surface area contributed by atoms with E-state index in [2.05, 4.69) is 10.4 Å². The number of anilines is 1. The van der Waals surface area contributed by atoms with Gasteiger partial charge in [-0.05, 0) is 44.0 Å². The van der Waals surface area contributed by atoms with Crippen LogP contribution in [0, 0.1) is 6.92 Å². The molecule has 2 amide bonds. The van der Waals surface area contributed by atoms with Crippen molar-refractivity contribution in [2.24, 2.45) is 0 Å². The van der Waals surface area contributed by atoms with Gasteiger partial charge in [0, 0.05) is 12.7 Å². The SMILES string of the molecule is Cc1ccc(O[C@H]2CCCN(C(=O)Cn3cc(NC(=O)[C@@H]4COc5ccccc5O4)cn3)C2)cc1. The Hall–Kier alpha value is -4.01. The molecule has 2 atom stereocenters. The summed E-state index contributed by atoms with van der Waals surface area (Å²) in [7, 11) is 0. The fourth-order valence-corrected chi connectivity index (χ4v) is 4.19. The van der Waals surface area contributed by atoms with Crippen molar-refractivity contribution >= 4 is 17.5 Å². The Balaban J connectivity index is 1.12. The first-order chi connectivity index (χ1) is 17.0. The van der Waals surface area contributed by atoms with Crippen molar-refractivity contribution in [3.63, 3.8) is 0 Å². The van der Waals surface area contributed by atoms with Crippen molar-refractivity contribution in [1.82, 2.24) is 14.7 Å². The van der Waals surface area contributed by atoms with Gasteiger partial charge in [0.05, 0.1) is 18.4 Å². The van der Waals surface area contributed by atoms with E-state index < -0.39 is 6.10 Å². The molecule has 5 rings (SSSR count). The molecule has 0 unspecified atom stereocenters. The minimum atomic E-state index is -0.770. The average molecular weight is 477 g/mol. The van der Waals surface area contributed by atoms with Crippen LogP contribution >= 0.6 is 0 Å². The largest absolute Gasteiger partial charge is 0.489 e. The van der Waals surface area contributed by atoms with Crippen LogP contribution in [0.2, 0.25) is 0 Å². The van der Waals surface area contributed by atoms with Gasteiger partial charge in [-0.2, -0.15) is 5.10 Å². The third kappa shape index (κ3) is 5.56. The number of aromatic nitrogens is 2. The number of benzene rings is 2. The van der Waals surface area contributed by atoms with E-state index in [0.717, 1.165) is 18.6 Å². The number of fused-ring (bicyclic) bond motifs is 1. The molecule has 3 heterocycles. The third-order valence-corrected chi connectivity index (χ3v) is 6.05. The van der Waals surface area contributed by atoms with E-state index >= 15 is 0 Å². The first-order valence-electron chi connectivity index (χ1n) is 11.8. The molecule has 1 N–H and O–H groups in total. The smallest absolute Gasteiger partial charge is 0.269 e. The van der Waals surface area contributed by atoms with Crippen molar-refractivity contribution in [3.8, 4) is 17.2 Å². The average Bonchev–Trinajstić information content (AvgIpc) is 3.31. The van der Waals surface area contributed by atoms with Crippen LogP contribution in [0.5, 0.6) is 17.2 Å². The number of piperidine rings is 1. The number of amides is 2. The molecule has 9 nitrogen and oxygen atoms in total. The van der Waals surface area contributed by atoms with Crippen LogP contribution in [-0.2, 0) is 16.1 Å². The van der Waals surface area contributed by atoms with Gasteiger partial charge in [-0.1, -0.05) is 29.8 Å². The lowest BCUT2D eigenvalue weighted by molar-refractivity contribution is -0.134. The predicted molar refractivity (Wildman–Crippen MR) is 129 cm³/mol. The van der Waals surface area contributed by atoms with Gasteiger partial charge in [0.2, 0.25) is 12.0 Å². The summed E-state index contributed by atoms with van der Waals surface area (Å²) >= 11 is 0. The highest BCUT2D eigenvalue weighted by Gasteiger charge is 2.28. The maximum absolute atomic E-state index is 12.9. The summed E-state index contributed by atoms with van der Waals surface area (Å²) in [6.07, 6.45) is 4.14. The van der Waals surface area contributed by atoms with Crippen molar-refractivity contribution in [2.45, 2.75) is 38.5 Å². The minimum Gasteiger partial charge on any atom is -0.489 e. The minimum absolute atomic E-state index is 0.0364. The Morgan fingerprint density at radius 2 is 1.94 bits per heavy atom. The molecule has 35 heavy (non-hydrogen) atoms. The summed E-state index contributed by atoms with van der Waals surface area (Å²) in [4.78, 5) is 27.3. The summed E-state index contributed by atoms with van der Waals surface area (Å²) < 4.78 is 18.9. The highest BCUT2D eigenvalue weighted by Crippen LogP contribution is 2.31. The molecule has 3 aromatic rings. The predicted octanol–water partition coefficient (Wildman–Crippen LogP) is 3.04. The topological polar surface area (TPSA) is 94.9 Å². The summed E-state index contributed by atoms with van der Waals surface area (Å²) in [6, 6.07) is 15.2. The molecule has 0 aliphatic carbocycles. The van der Waals surface area contributed by atoms with Gasteiger partial charge in [-0.3, -0.25) is 14.3 Å². The highest BCUT2D eigenvalue weighted by atomic mass is 16.6. The van der Waals surface area contributed by atoms with Crippen LogP contribution in [0.15, 0.2) is 60.9 Å². The van der Waals surface area contributed by atoms with Gasteiger partial charge in [0.1, 0.15) is 25.0 Å². The molecule has 9 heteroatoms. The van der Waals surface area contributed by atoms with Crippen LogP contribution in [0.25, 0.3) is 0 Å². The second-order valence-corrected chi connectivity index (χ2v) is 8.81. The van der Waals surface area contributed by atoms with E-state index in [1.165, 1.54) is 16.4 Å². The lowest BCUT2D eigenvalue weighted by Gasteiger charge is -2.33. The monoisotopic (exact) mass is 476 g/mol. The molecule has 182 valence electrons. The van der Waals surface area contributed by atoms with Gasteiger partial charge in [-0.15, -0.1) is 0 Å². The lowest BCUT2D eigenvalue weighted by Crippen LogP contribution is -2.45. The number of likely N-dealkylation sites (tertiary alicyclic amines) is 1. The number of hydrogen-bond acceptors (Lipinski definition) is 6. The Morgan fingerprint density at radius 1 is 1.14 bits per heavy atom. The summed E-state index contributed by atoms with van der Waals surface area (Å²) in [5, 5.41) is 7.01. The number of carbonyl (C=O) groups excluding carboxylic acids is 2. The molecule has 0 saturated carbocycles. The molecule has 1 aromatic heterocycles. The number of hydrogen-bond donors (Lipinski definition) is 1. The highest BCUT2D eigenvalue weighted by molar-refractivity contribution is 5.94. The molecular formula is C26H28N4O5. The Kier molecular flexibility index (Phi) is 6.56. The zero-order valence-corrected chi connectivity index (χ0v) is 19.6. The number of aryl methyl sites for hydroxylation is 1. The lowest BCUT2D eigenvalue weighted by atomic mass is 10.1. The summed E-state index contributed by atoms with van der Waals surface area (Å²) in [5.74, 6) is 1.60. The third-order valence-electron chi connectivity index (χ3n) is 6.05. The fraction of sp³-hybridized carbons (Fsp3) is 0.346. The van der Waals surface area contributed by atoms with Crippen LogP contribution in [0.4, 0.5) is 5.69 Å². The first-order valence-corrected chi connectivity index (χ1v) is 11.8. The number of rotatable bonds is 6. The second kappa shape index (κ2) is 10.1. The normalized spacial score (nSPS) is 19.2. The van der Waals surface area contributed by atoms with Gasteiger partial charge in [0.15, 0.2) is 11.5 Å². The van der Waals surface area contributed by atoms with Crippen molar-refractivity contribution in [3.05, 3.63) is 66.5 Å². The van der Waals surface area contributed by atoms with Crippen molar-refractivity contribution in [2.75, 3.05) is 25.0 Å². The Labute approximate surface area is 203 Å². The quantitative estimate of drug-likeness (QED) is 0.588. The van der Waals surface area contributed by atoms with Crippen LogP contribution in [0.1, 0.15) is 18.4 Å². The zero-order valence-electron chi connectivity index (χ0n) is 19.6. The molecule has 0 radical (unpaired) electrons. The van der Waals surface area contributed by atoms with E-state index in [9.17, 15) is 9.59 Å². The van der Waals surface area contributed by atoms with Gasteiger partial charge in [-0.25, -0.2) is 0 Å². The number of carbonyl (C=O) groups is 2. The standard InChI is InChI=1S/C26H28N4O5/c1-18-8-10-20(11-9-18)34-21-5-4-12-29(15-21)25(31)16-30-14-19(13-27-30)28-26(32)24-17-33-22-6-2-3-7-23(22)35-24/h2-3,6-11,13-14,21,24H,4-5,12,15-17H2,1H3,(H,28,32)/t21-,24-/m0/s1. The summed E-state index contributed by atoms with van der Waals surface area (Å²) in [5.41, 5.74) is 1.67. The van der Waals surface area contributed by atoms with Gasteiger partial charge >= 0.3 is 0 Å². The van der Waals surface area contributed by atoms with Gasteiger partial charge < -0.3 is 24.4 Å². The first kappa shape index (κ1) is 22.8. The van der Waals surface area contributed by atoms with Crippen LogP contribution in [0.3, 0.4) is 0 Å². The van der Waals surface area contributed by atoms with E-state index in [4.69, 9.17) is 14.2 Å². The summed E-state index contributed by atoms with van der Waals surface area (Å²) in [6.45, 7) is 3.48. The maximum atomic E-state index is 12.9. The molecule has 1 fully saturated rings. The van der Waals surface area contributed by atoms with E-state index in [-0.39, 0.29) is 31.1 Å². The molecule has 0 bridgehead atoms. The number of nitrogens with zero attached hydrogens (tertiary/aromatic N) is 3. The maximum Gasteiger partial charge on any atom is 0.269 e. The Bertz CT molecular complexity index is 1190. The molecule has 2 aliphatic rings. The molecule has 2 aromatic carbocycles. The van der Waals surface area contributed by atoms with E-state index in [1.807, 2.05) is 48.2 Å². The zero-order chi connectivity index (χ0) is 24.2. The number of nitrogens with one attached hydrogen (secondary N) is 1. The Morgan fingerprint density at radius 3 is 2.77 bits per heavy atom. The van der Waals surface area contributed by atoms with Crippen LogP contribution in [-0.4, -0.2) is 58.4 Å². The number of ether oxygens (including phenoxy) is 3. The molecule has 1 saturated heterocycles.